The third-order valence-electron chi connectivity index (χ3n) is 5.59. The maximum Gasteiger partial charge on any atom is 0.263 e. The molecule has 2 amide bonds. The molecule has 0 aromatic heterocycles. The largest absolute Gasteiger partial charge is 0.395 e. The highest BCUT2D eigenvalue weighted by atomic mass is 28.3. The molecule has 0 saturated heterocycles. The van der Waals surface area contributed by atoms with Gasteiger partial charge in [-0.15, -0.1) is 0 Å². The number of carbonyl (C=O) groups is 2. The molecule has 4 nitrogen and oxygen atoms in total. The molecular formula is C20H28NO3Si. The van der Waals surface area contributed by atoms with Crippen LogP contribution >= 0.6 is 0 Å². The van der Waals surface area contributed by atoms with Crippen LogP contribution in [0, 0.1) is 11.3 Å². The molecule has 1 aliphatic heterocycles. The highest BCUT2D eigenvalue weighted by Gasteiger charge is 2.52. The molecule has 0 spiro atoms. The van der Waals surface area contributed by atoms with Crippen molar-refractivity contribution in [2.45, 2.75) is 65.3 Å². The number of carbonyl (C=O) groups excluding carboxylic acids is 2. The van der Waals surface area contributed by atoms with Crippen LogP contribution in [0.3, 0.4) is 0 Å². The molecule has 0 bridgehead atoms. The summed E-state index contributed by atoms with van der Waals surface area (Å²) in [5.41, 5.74) is 0.483. The highest BCUT2D eigenvalue weighted by Crippen LogP contribution is 2.46. The lowest BCUT2D eigenvalue weighted by molar-refractivity contribution is -0.0889. The second-order valence-electron chi connectivity index (χ2n) is 8.59. The van der Waals surface area contributed by atoms with Crippen molar-refractivity contribution in [2.24, 2.45) is 11.3 Å². The van der Waals surface area contributed by atoms with Crippen LogP contribution in [0.1, 0.15) is 67.2 Å². The Morgan fingerprint density at radius 1 is 1.04 bits per heavy atom. The van der Waals surface area contributed by atoms with E-state index < -0.39 is 14.8 Å². The predicted molar refractivity (Wildman–Crippen MR) is 99.7 cm³/mol. The van der Waals surface area contributed by atoms with Crippen molar-refractivity contribution in [1.29, 1.82) is 0 Å². The Balaban J connectivity index is 1.93. The molecule has 1 aromatic carbocycles. The van der Waals surface area contributed by atoms with Crippen molar-refractivity contribution in [2.75, 3.05) is 0 Å². The second-order valence-corrected chi connectivity index (χ2v) is 10.6. The molecule has 0 N–H and O–H groups in total. The highest BCUT2D eigenvalue weighted by molar-refractivity contribution is 6.48. The molecule has 1 aliphatic carbocycles. The number of hydrogen-bond acceptors (Lipinski definition) is 3. The Labute approximate surface area is 152 Å². The van der Waals surface area contributed by atoms with Gasteiger partial charge in [-0.2, -0.15) is 0 Å². The number of rotatable bonds is 3. The zero-order valence-electron chi connectivity index (χ0n) is 15.9. The SMILES string of the molecule is C[Si](C)OC1(N2C(=O)c3ccccc3C2=O)CCC(C(C)(C)C)CC1. The van der Waals surface area contributed by atoms with E-state index in [4.69, 9.17) is 4.43 Å². The molecule has 5 heteroatoms. The molecule has 1 aromatic rings. The number of fused-ring (bicyclic) bond motifs is 1. The Bertz CT molecular complexity index is 649. The number of nitrogens with zero attached hydrogens (tertiary/aromatic N) is 1. The van der Waals surface area contributed by atoms with Crippen molar-refractivity contribution in [1.82, 2.24) is 4.90 Å². The fourth-order valence-electron chi connectivity index (χ4n) is 4.25. The zero-order valence-corrected chi connectivity index (χ0v) is 16.9. The monoisotopic (exact) mass is 358 g/mol. The molecule has 0 unspecified atom stereocenters. The van der Waals surface area contributed by atoms with Crippen molar-refractivity contribution in [3.63, 3.8) is 0 Å². The summed E-state index contributed by atoms with van der Waals surface area (Å²) in [7, 11) is -1.06. The molecule has 1 saturated carbocycles. The van der Waals surface area contributed by atoms with Crippen LogP contribution < -0.4 is 0 Å². The van der Waals surface area contributed by atoms with Crippen molar-refractivity contribution in [3.05, 3.63) is 35.4 Å². The minimum absolute atomic E-state index is 0.196. The third-order valence-corrected chi connectivity index (χ3v) is 6.38. The molecule has 1 radical (unpaired) electrons. The van der Waals surface area contributed by atoms with Crippen LogP contribution in [0.25, 0.3) is 0 Å². The number of imide groups is 1. The lowest BCUT2D eigenvalue weighted by Gasteiger charge is -2.48. The third kappa shape index (κ3) is 3.20. The van der Waals surface area contributed by atoms with Crippen LogP contribution in [0.4, 0.5) is 0 Å². The van der Waals surface area contributed by atoms with E-state index in [0.29, 0.717) is 17.0 Å². The van der Waals surface area contributed by atoms with Gasteiger partial charge in [0.25, 0.3) is 11.8 Å². The van der Waals surface area contributed by atoms with E-state index in [-0.39, 0.29) is 17.2 Å². The number of amides is 2. The zero-order chi connectivity index (χ0) is 18.4. The summed E-state index contributed by atoms with van der Waals surface area (Å²) >= 11 is 0. The smallest absolute Gasteiger partial charge is 0.263 e. The van der Waals surface area contributed by atoms with Crippen LogP contribution in [-0.2, 0) is 4.43 Å². The number of benzene rings is 1. The maximum absolute atomic E-state index is 13.0. The van der Waals surface area contributed by atoms with Gasteiger partial charge in [-0.1, -0.05) is 32.9 Å². The van der Waals surface area contributed by atoms with Gasteiger partial charge >= 0.3 is 0 Å². The van der Waals surface area contributed by atoms with E-state index in [2.05, 4.69) is 33.9 Å². The summed E-state index contributed by atoms with van der Waals surface area (Å²) in [6.45, 7) is 10.9. The first kappa shape index (κ1) is 18.3. The maximum atomic E-state index is 13.0. The summed E-state index contributed by atoms with van der Waals surface area (Å²) in [6.07, 6.45) is 3.42. The van der Waals surface area contributed by atoms with E-state index in [1.807, 2.05) is 12.1 Å². The van der Waals surface area contributed by atoms with Gasteiger partial charge in [-0.3, -0.25) is 9.59 Å². The van der Waals surface area contributed by atoms with Gasteiger partial charge in [-0.05, 0) is 62.2 Å². The van der Waals surface area contributed by atoms with Crippen LogP contribution in [0.15, 0.2) is 24.3 Å². The van der Waals surface area contributed by atoms with Gasteiger partial charge in [-0.25, -0.2) is 4.90 Å². The Kier molecular flexibility index (Phi) is 4.66. The van der Waals surface area contributed by atoms with Gasteiger partial charge < -0.3 is 4.43 Å². The lowest BCUT2D eigenvalue weighted by Crippen LogP contribution is -2.57. The fraction of sp³-hybridized carbons (Fsp3) is 0.600. The van der Waals surface area contributed by atoms with Gasteiger partial charge in [0.1, 0.15) is 5.72 Å². The topological polar surface area (TPSA) is 46.6 Å². The van der Waals surface area contributed by atoms with Gasteiger partial charge in [0, 0.05) is 0 Å². The second kappa shape index (κ2) is 6.36. The van der Waals surface area contributed by atoms with Gasteiger partial charge in [0.2, 0.25) is 9.04 Å². The summed E-state index contributed by atoms with van der Waals surface area (Å²) in [5.74, 6) is 0.194. The summed E-state index contributed by atoms with van der Waals surface area (Å²) in [6, 6.07) is 7.11. The molecule has 135 valence electrons. The Hall–Kier alpha value is -1.46. The molecule has 2 aliphatic rings. The van der Waals surface area contributed by atoms with E-state index >= 15 is 0 Å². The lowest BCUT2D eigenvalue weighted by atomic mass is 9.70. The normalized spacial score (nSPS) is 27.1. The standard InChI is InChI=1S/C20H28NO3Si/c1-19(2,3)14-10-12-20(13-11-14,24-25(4)5)21-17(22)15-8-6-7-9-16(15)18(21)23/h6-9,14H,10-13H2,1-5H3. The molecule has 1 fully saturated rings. The van der Waals surface area contributed by atoms with E-state index in [9.17, 15) is 9.59 Å². The molecular weight excluding hydrogens is 330 g/mol. The van der Waals surface area contributed by atoms with Gasteiger partial charge in [0.05, 0.1) is 11.1 Å². The van der Waals surface area contributed by atoms with Crippen molar-refractivity contribution in [3.8, 4) is 0 Å². The van der Waals surface area contributed by atoms with Crippen LogP contribution in [0.2, 0.25) is 13.1 Å². The molecule has 25 heavy (non-hydrogen) atoms. The molecule has 3 rings (SSSR count). The Morgan fingerprint density at radius 3 is 1.92 bits per heavy atom. The Morgan fingerprint density at radius 2 is 1.52 bits per heavy atom. The minimum atomic E-state index is -1.06. The minimum Gasteiger partial charge on any atom is -0.395 e. The van der Waals surface area contributed by atoms with Crippen molar-refractivity contribution < 1.29 is 14.0 Å². The van der Waals surface area contributed by atoms with Crippen LogP contribution in [0.5, 0.6) is 0 Å². The first-order valence-electron chi connectivity index (χ1n) is 9.13. The first-order valence-corrected chi connectivity index (χ1v) is 11.5. The first-order chi connectivity index (χ1) is 11.7. The summed E-state index contributed by atoms with van der Waals surface area (Å²) in [4.78, 5) is 27.5. The van der Waals surface area contributed by atoms with E-state index in [1.54, 1.807) is 12.1 Å². The summed E-state index contributed by atoms with van der Waals surface area (Å²) < 4.78 is 6.38. The summed E-state index contributed by atoms with van der Waals surface area (Å²) in [5, 5.41) is 0. The van der Waals surface area contributed by atoms with E-state index in [1.165, 1.54) is 4.90 Å². The fourth-order valence-corrected chi connectivity index (χ4v) is 5.30. The average Bonchev–Trinajstić information content (AvgIpc) is 2.78. The van der Waals surface area contributed by atoms with Gasteiger partial charge in [0.15, 0.2) is 0 Å². The molecule has 0 atom stereocenters. The van der Waals surface area contributed by atoms with Crippen LogP contribution in [-0.4, -0.2) is 31.5 Å². The average molecular weight is 359 g/mol. The van der Waals surface area contributed by atoms with Crippen molar-refractivity contribution >= 4 is 20.9 Å². The predicted octanol–water partition coefficient (Wildman–Crippen LogP) is 4.48. The van der Waals surface area contributed by atoms with E-state index in [0.717, 1.165) is 25.7 Å². The number of hydrogen-bond donors (Lipinski definition) is 0. The quantitative estimate of drug-likeness (QED) is 0.591. The molecule has 1 heterocycles.